The van der Waals surface area contributed by atoms with E-state index >= 15 is 0 Å². The molecule has 0 saturated carbocycles. The van der Waals surface area contributed by atoms with Crippen molar-refractivity contribution in [2.45, 2.75) is 0 Å². The summed E-state index contributed by atoms with van der Waals surface area (Å²) >= 11 is 2.17. The number of benzene rings is 1. The van der Waals surface area contributed by atoms with Crippen molar-refractivity contribution in [2.75, 3.05) is 0 Å². The molecule has 1 aromatic rings. The normalized spacial score (nSPS) is 10.3. The van der Waals surface area contributed by atoms with E-state index in [4.69, 9.17) is 5.41 Å². The molecule has 0 amide bonds. The second-order valence-corrected chi connectivity index (χ2v) is 2.79. The van der Waals surface area contributed by atoms with Crippen molar-refractivity contribution in [1.82, 2.24) is 0 Å². The van der Waals surface area contributed by atoms with Gasteiger partial charge in [-0.2, -0.15) is 0 Å². The topological polar surface area (TPSA) is 23.9 Å². The van der Waals surface area contributed by atoms with Gasteiger partial charge in [-0.05, 0) is 21.3 Å². The quantitative estimate of drug-likeness (QED) is 0.621. The first-order chi connectivity index (χ1) is 5.38. The van der Waals surface area contributed by atoms with Gasteiger partial charge in [-0.1, -0.05) is 46.9 Å². The summed E-state index contributed by atoms with van der Waals surface area (Å²) in [4.78, 5) is 0. The largest absolute Gasteiger partial charge is 0.308 e. The maximum atomic E-state index is 7.10. The molecule has 0 aliphatic rings. The molecule has 1 nitrogen and oxygen atoms in total. The molecule has 0 atom stereocenters. The fourth-order valence-corrected chi connectivity index (χ4v) is 1.25. The van der Waals surface area contributed by atoms with Crippen molar-refractivity contribution in [2.24, 2.45) is 0 Å². The lowest BCUT2D eigenvalue weighted by molar-refractivity contribution is 1.53. The first-order valence-electron chi connectivity index (χ1n) is 3.24. The molecule has 0 aromatic heterocycles. The van der Waals surface area contributed by atoms with E-state index in [0.29, 0.717) is 0 Å². The molecule has 1 rings (SSSR count). The molecule has 1 aromatic carbocycles. The van der Waals surface area contributed by atoms with Crippen LogP contribution in [0.2, 0.25) is 0 Å². The Hall–Kier alpha value is -0.640. The van der Waals surface area contributed by atoms with Crippen LogP contribution in [0.25, 0.3) is 6.08 Å². The molecular weight excluding hydrogens is 249 g/mol. The summed E-state index contributed by atoms with van der Waals surface area (Å²) in [5.74, 6) is 0. The van der Waals surface area contributed by atoms with Gasteiger partial charge in [0.05, 0.1) is 0 Å². The first-order valence-corrected chi connectivity index (χ1v) is 4.49. The van der Waals surface area contributed by atoms with Gasteiger partial charge in [0, 0.05) is 6.21 Å². The van der Waals surface area contributed by atoms with Gasteiger partial charge in [-0.15, -0.1) is 0 Å². The van der Waals surface area contributed by atoms with E-state index in [2.05, 4.69) is 22.6 Å². The fourth-order valence-electron chi connectivity index (χ4n) is 0.862. The number of nitrogens with one attached hydrogen (secondary N) is 1. The van der Waals surface area contributed by atoms with E-state index in [1.165, 1.54) is 6.21 Å². The second-order valence-electron chi connectivity index (χ2n) is 2.07. The van der Waals surface area contributed by atoms with E-state index in [0.717, 1.165) is 11.1 Å². The van der Waals surface area contributed by atoms with Crippen LogP contribution in [0, 0.1) is 5.41 Å². The Kier molecular flexibility index (Phi) is 3.29. The van der Waals surface area contributed by atoms with Crippen LogP contribution in [0.15, 0.2) is 28.3 Å². The van der Waals surface area contributed by atoms with E-state index in [1.807, 2.05) is 34.4 Å². The van der Waals surface area contributed by atoms with Gasteiger partial charge < -0.3 is 5.41 Å². The van der Waals surface area contributed by atoms with Gasteiger partial charge in [0.15, 0.2) is 0 Å². The number of rotatable bonds is 2. The molecule has 0 aliphatic heterocycles. The Labute approximate surface area is 79.8 Å². The van der Waals surface area contributed by atoms with Crippen molar-refractivity contribution in [3.05, 3.63) is 39.5 Å². The Morgan fingerprint density at radius 1 is 1.18 bits per heavy atom. The minimum absolute atomic E-state index is 0.959. The van der Waals surface area contributed by atoms with Gasteiger partial charge in [-0.25, -0.2) is 0 Å². The zero-order valence-electron chi connectivity index (χ0n) is 5.92. The summed E-state index contributed by atoms with van der Waals surface area (Å²) in [5, 5.41) is 7.10. The van der Waals surface area contributed by atoms with Crippen molar-refractivity contribution in [3.63, 3.8) is 0 Å². The van der Waals surface area contributed by atoms with Crippen molar-refractivity contribution >= 4 is 34.9 Å². The highest BCUT2D eigenvalue weighted by atomic mass is 127. The van der Waals surface area contributed by atoms with Gasteiger partial charge >= 0.3 is 0 Å². The fraction of sp³-hybridized carbons (Fsp3) is 0. The predicted molar refractivity (Wildman–Crippen MR) is 57.4 cm³/mol. The van der Waals surface area contributed by atoms with E-state index in [9.17, 15) is 0 Å². The van der Waals surface area contributed by atoms with Crippen LogP contribution < -0.4 is 0 Å². The Morgan fingerprint density at radius 3 is 2.36 bits per heavy atom. The SMILES string of the molecule is N=Cc1ccccc1/C=C\I. The molecule has 0 bridgehead atoms. The monoisotopic (exact) mass is 257 g/mol. The van der Waals surface area contributed by atoms with Gasteiger partial charge in [-0.3, -0.25) is 0 Å². The highest BCUT2D eigenvalue weighted by Gasteiger charge is 1.91. The second kappa shape index (κ2) is 4.28. The zero-order valence-corrected chi connectivity index (χ0v) is 8.08. The smallest absolute Gasteiger partial charge is 0.0256 e. The Bertz CT molecular complexity index is 279. The van der Waals surface area contributed by atoms with Crippen LogP contribution in [0.4, 0.5) is 0 Å². The summed E-state index contributed by atoms with van der Waals surface area (Å²) in [7, 11) is 0. The highest BCUT2D eigenvalue weighted by molar-refractivity contribution is 14.1. The van der Waals surface area contributed by atoms with E-state index in [1.54, 1.807) is 0 Å². The third kappa shape index (κ3) is 2.15. The summed E-state index contributed by atoms with van der Waals surface area (Å²) in [6.45, 7) is 0. The van der Waals surface area contributed by atoms with Crippen LogP contribution in [-0.2, 0) is 0 Å². The molecule has 0 unspecified atom stereocenters. The number of hydrogen-bond acceptors (Lipinski definition) is 1. The third-order valence-electron chi connectivity index (χ3n) is 1.39. The minimum Gasteiger partial charge on any atom is -0.308 e. The average molecular weight is 257 g/mol. The van der Waals surface area contributed by atoms with Crippen LogP contribution in [0.1, 0.15) is 11.1 Å². The molecule has 1 N–H and O–H groups in total. The number of hydrogen-bond donors (Lipinski definition) is 1. The molecule has 2 heteroatoms. The molecule has 56 valence electrons. The maximum Gasteiger partial charge on any atom is 0.0256 e. The molecule has 0 radical (unpaired) electrons. The van der Waals surface area contributed by atoms with Crippen molar-refractivity contribution < 1.29 is 0 Å². The Balaban J connectivity index is 3.11. The van der Waals surface area contributed by atoms with Crippen LogP contribution >= 0.6 is 22.6 Å². The lowest BCUT2D eigenvalue weighted by Gasteiger charge is -1.96. The maximum absolute atomic E-state index is 7.10. The van der Waals surface area contributed by atoms with E-state index in [-0.39, 0.29) is 0 Å². The zero-order chi connectivity index (χ0) is 8.10. The lowest BCUT2D eigenvalue weighted by Crippen LogP contribution is -1.83. The molecule has 0 saturated heterocycles. The minimum atomic E-state index is 0.959. The van der Waals surface area contributed by atoms with Gasteiger partial charge in [0.1, 0.15) is 0 Å². The van der Waals surface area contributed by atoms with Gasteiger partial charge in [0.2, 0.25) is 0 Å². The first kappa shape index (κ1) is 8.46. The Morgan fingerprint density at radius 2 is 1.82 bits per heavy atom. The highest BCUT2D eigenvalue weighted by Crippen LogP contribution is 2.08. The molecular formula is C9H8IN. The van der Waals surface area contributed by atoms with Crippen LogP contribution in [0.3, 0.4) is 0 Å². The van der Waals surface area contributed by atoms with E-state index < -0.39 is 0 Å². The molecule has 0 heterocycles. The summed E-state index contributed by atoms with van der Waals surface area (Å²) in [5.41, 5.74) is 2.05. The van der Waals surface area contributed by atoms with Crippen LogP contribution in [0.5, 0.6) is 0 Å². The van der Waals surface area contributed by atoms with Gasteiger partial charge in [0.25, 0.3) is 0 Å². The average Bonchev–Trinajstić information content (AvgIpc) is 2.06. The third-order valence-corrected chi connectivity index (χ3v) is 1.75. The lowest BCUT2D eigenvalue weighted by atomic mass is 10.1. The van der Waals surface area contributed by atoms with Crippen molar-refractivity contribution in [1.29, 1.82) is 5.41 Å². The van der Waals surface area contributed by atoms with Crippen molar-refractivity contribution in [3.8, 4) is 0 Å². The van der Waals surface area contributed by atoms with Crippen LogP contribution in [-0.4, -0.2) is 6.21 Å². The standard InChI is InChI=1S/C9H8IN/c10-6-5-8-3-1-2-4-9(8)7-11/h1-7,11H/b6-5-,11-7?. The number of halogens is 1. The molecule has 0 aliphatic carbocycles. The summed E-state index contributed by atoms with van der Waals surface area (Å²) in [6.07, 6.45) is 3.35. The molecule has 0 fully saturated rings. The molecule has 0 spiro atoms. The predicted octanol–water partition coefficient (Wildman–Crippen LogP) is 3.09. The molecule has 11 heavy (non-hydrogen) atoms. The summed E-state index contributed by atoms with van der Waals surface area (Å²) < 4.78 is 1.94. The summed E-state index contributed by atoms with van der Waals surface area (Å²) in [6, 6.07) is 7.83.